The topological polar surface area (TPSA) is 142 Å². The molecule has 2 aromatic rings. The van der Waals surface area contributed by atoms with Crippen LogP contribution in [0.15, 0.2) is 36.4 Å². The summed E-state index contributed by atoms with van der Waals surface area (Å²) in [5, 5.41) is 23.0. The number of nitriles is 1. The molecule has 11 heteroatoms. The van der Waals surface area contributed by atoms with Crippen molar-refractivity contribution in [1.29, 1.82) is 5.26 Å². The number of carbonyl (C=O) groups is 2. The van der Waals surface area contributed by atoms with Crippen molar-refractivity contribution in [2.45, 2.75) is 6.54 Å². The molecule has 2 aromatic carbocycles. The summed E-state index contributed by atoms with van der Waals surface area (Å²) < 4.78 is 1.58. The summed E-state index contributed by atoms with van der Waals surface area (Å²) in [4.78, 5) is 34.4. The highest BCUT2D eigenvalue weighted by Gasteiger charge is 2.17. The van der Waals surface area contributed by atoms with Crippen molar-refractivity contribution in [3.8, 4) is 6.07 Å². The molecule has 0 aliphatic carbocycles. The summed E-state index contributed by atoms with van der Waals surface area (Å²) in [6.07, 6.45) is 1.74. The van der Waals surface area contributed by atoms with Crippen LogP contribution in [0.25, 0.3) is 0 Å². The summed E-state index contributed by atoms with van der Waals surface area (Å²) in [6.45, 7) is -0.184. The van der Waals surface area contributed by atoms with E-state index in [1.807, 2.05) is 6.07 Å². The number of benzene rings is 2. The van der Waals surface area contributed by atoms with Crippen LogP contribution in [0.3, 0.4) is 0 Å². The van der Waals surface area contributed by atoms with Crippen molar-refractivity contribution >= 4 is 46.7 Å². The van der Waals surface area contributed by atoms with Crippen molar-refractivity contribution in [1.82, 2.24) is 5.32 Å². The molecule has 0 aliphatic rings. The number of nitro groups is 1. The van der Waals surface area contributed by atoms with Crippen molar-refractivity contribution in [3.63, 3.8) is 0 Å². The summed E-state index contributed by atoms with van der Waals surface area (Å²) >= 11 is 7.34. The maximum absolute atomic E-state index is 12.6. The van der Waals surface area contributed by atoms with Gasteiger partial charge < -0.3 is 15.4 Å². The third kappa shape index (κ3) is 5.84. The minimum atomic E-state index is -0.611. The van der Waals surface area contributed by atoms with Gasteiger partial charge in [0, 0.05) is 40.7 Å². The average Bonchev–Trinajstić information content (AvgIpc) is 2.69. The van der Waals surface area contributed by atoms with Gasteiger partial charge in [-0.25, -0.2) is 0 Å². The first-order chi connectivity index (χ1) is 13.7. The van der Waals surface area contributed by atoms with Crippen LogP contribution in [0.2, 0.25) is 5.02 Å². The van der Waals surface area contributed by atoms with E-state index in [9.17, 15) is 19.7 Å². The number of rotatable bonds is 8. The quantitative estimate of drug-likeness (QED) is 0.370. The fourth-order valence-electron chi connectivity index (χ4n) is 2.48. The summed E-state index contributed by atoms with van der Waals surface area (Å²) in [6, 6.07) is 10.4. The molecule has 0 radical (unpaired) electrons. The first kappa shape index (κ1) is 22.0. The Balaban J connectivity index is 2.23. The maximum atomic E-state index is 12.6. The van der Waals surface area contributed by atoms with E-state index in [0.717, 1.165) is 6.07 Å². The summed E-state index contributed by atoms with van der Waals surface area (Å²) in [5.41, 5.74) is 6.11. The molecule has 3 N–H and O–H groups in total. The molecule has 0 aliphatic heterocycles. The van der Waals surface area contributed by atoms with Crippen LogP contribution in [0.1, 0.15) is 21.5 Å². The van der Waals surface area contributed by atoms with Crippen LogP contribution in [0.4, 0.5) is 11.4 Å². The first-order valence-corrected chi connectivity index (χ1v) is 9.67. The third-order valence-corrected chi connectivity index (χ3v) is 4.80. The molecule has 2 amide bonds. The number of nitrogens with one attached hydrogen (secondary N) is 1. The summed E-state index contributed by atoms with van der Waals surface area (Å²) in [5.74, 6) is -1.05. The number of hydrogen-bond donors (Lipinski definition) is 2. The molecule has 0 atom stereocenters. The predicted molar refractivity (Wildman–Crippen MR) is 110 cm³/mol. The highest BCUT2D eigenvalue weighted by atomic mass is 35.5. The molecule has 0 heterocycles. The molecular weight excluding hydrogens is 418 g/mol. The standard InChI is InChI=1S/C18H16ClN5O4S/c1-29-23(10-17(21)25)15-6-13(5-14(19)7-15)18(26)22-9-12-3-2-11(8-20)4-16(12)24(27)28/h2-7H,9-10H2,1H3,(H2,21,25)(H,22,26). The Morgan fingerprint density at radius 3 is 2.66 bits per heavy atom. The predicted octanol–water partition coefficient (Wildman–Crippen LogP) is 2.62. The van der Waals surface area contributed by atoms with E-state index >= 15 is 0 Å². The van der Waals surface area contributed by atoms with Crippen LogP contribution >= 0.6 is 23.5 Å². The number of carbonyl (C=O) groups excluding carboxylic acids is 2. The van der Waals surface area contributed by atoms with Crippen molar-refractivity contribution < 1.29 is 14.5 Å². The Hall–Kier alpha value is -3.29. The SMILES string of the molecule is CSN(CC(N)=O)c1cc(Cl)cc(C(=O)NCc2ccc(C#N)cc2[N+](=O)[O-])c1. The third-order valence-electron chi connectivity index (χ3n) is 3.80. The van der Waals surface area contributed by atoms with Gasteiger partial charge in [0.25, 0.3) is 11.6 Å². The summed E-state index contributed by atoms with van der Waals surface area (Å²) in [7, 11) is 0. The number of primary amides is 1. The number of nitrogens with two attached hydrogens (primary N) is 1. The van der Waals surface area contributed by atoms with Gasteiger partial charge in [0.15, 0.2) is 0 Å². The first-order valence-electron chi connectivity index (χ1n) is 8.11. The van der Waals surface area contributed by atoms with E-state index in [4.69, 9.17) is 22.6 Å². The zero-order valence-electron chi connectivity index (χ0n) is 15.2. The number of nitro benzene ring substituents is 1. The maximum Gasteiger partial charge on any atom is 0.275 e. The highest BCUT2D eigenvalue weighted by molar-refractivity contribution is 8.00. The van der Waals surface area contributed by atoms with Crippen LogP contribution in [-0.2, 0) is 11.3 Å². The molecule has 0 spiro atoms. The lowest BCUT2D eigenvalue weighted by Gasteiger charge is -2.20. The monoisotopic (exact) mass is 433 g/mol. The fourth-order valence-corrected chi connectivity index (χ4v) is 3.28. The second kappa shape index (κ2) is 9.77. The van der Waals surface area contributed by atoms with E-state index in [1.54, 1.807) is 16.6 Å². The molecule has 0 saturated carbocycles. The molecule has 150 valence electrons. The van der Waals surface area contributed by atoms with Gasteiger partial charge in [0.05, 0.1) is 16.6 Å². The van der Waals surface area contributed by atoms with Gasteiger partial charge in [-0.3, -0.25) is 19.7 Å². The van der Waals surface area contributed by atoms with Crippen LogP contribution in [-0.4, -0.2) is 29.5 Å². The highest BCUT2D eigenvalue weighted by Crippen LogP contribution is 2.26. The largest absolute Gasteiger partial charge is 0.368 e. The molecule has 0 unspecified atom stereocenters. The van der Waals surface area contributed by atoms with E-state index in [0.29, 0.717) is 5.69 Å². The number of amides is 2. The molecule has 0 bridgehead atoms. The Morgan fingerprint density at radius 1 is 1.34 bits per heavy atom. The van der Waals surface area contributed by atoms with Gasteiger partial charge in [-0.05, 0) is 30.3 Å². The molecule has 0 saturated heterocycles. The number of nitrogens with zero attached hydrogens (tertiary/aromatic N) is 3. The van der Waals surface area contributed by atoms with E-state index in [-0.39, 0.29) is 40.5 Å². The molecule has 0 aromatic heterocycles. The fraction of sp³-hybridized carbons (Fsp3) is 0.167. The van der Waals surface area contributed by atoms with Crippen molar-refractivity contribution in [3.05, 3.63) is 68.2 Å². The van der Waals surface area contributed by atoms with Crippen molar-refractivity contribution in [2.24, 2.45) is 5.73 Å². The average molecular weight is 434 g/mol. The van der Waals surface area contributed by atoms with Crippen LogP contribution in [0.5, 0.6) is 0 Å². The second-order valence-corrected chi connectivity index (χ2v) is 7.02. The molecule has 9 nitrogen and oxygen atoms in total. The van der Waals surface area contributed by atoms with E-state index in [1.165, 1.54) is 36.2 Å². The van der Waals surface area contributed by atoms with Gasteiger partial charge in [-0.2, -0.15) is 5.26 Å². The van der Waals surface area contributed by atoms with Crippen molar-refractivity contribution in [2.75, 3.05) is 17.1 Å². The number of hydrogen-bond acceptors (Lipinski definition) is 7. The van der Waals surface area contributed by atoms with Gasteiger partial charge in [0.1, 0.15) is 6.54 Å². The van der Waals surface area contributed by atoms with Crippen LogP contribution in [0, 0.1) is 21.4 Å². The molecule has 0 fully saturated rings. The zero-order valence-corrected chi connectivity index (χ0v) is 16.8. The minimum Gasteiger partial charge on any atom is -0.368 e. The number of anilines is 1. The van der Waals surface area contributed by atoms with Crippen LogP contribution < -0.4 is 15.4 Å². The minimum absolute atomic E-state index is 0.0694. The molecular formula is C18H16ClN5O4S. The number of halogens is 1. The normalized spacial score (nSPS) is 10.1. The van der Waals surface area contributed by atoms with Gasteiger partial charge in [-0.15, -0.1) is 0 Å². The van der Waals surface area contributed by atoms with E-state index in [2.05, 4.69) is 5.32 Å². The Bertz CT molecular complexity index is 1010. The Morgan fingerprint density at radius 2 is 2.07 bits per heavy atom. The Kier molecular flexibility index (Phi) is 7.41. The van der Waals surface area contributed by atoms with Gasteiger partial charge in [-0.1, -0.05) is 23.5 Å². The molecule has 29 heavy (non-hydrogen) atoms. The second-order valence-electron chi connectivity index (χ2n) is 5.78. The smallest absolute Gasteiger partial charge is 0.275 e. The lowest BCUT2D eigenvalue weighted by atomic mass is 10.1. The zero-order chi connectivity index (χ0) is 21.6. The lowest BCUT2D eigenvalue weighted by Crippen LogP contribution is -2.29. The van der Waals surface area contributed by atoms with Gasteiger partial charge >= 0.3 is 0 Å². The Labute approximate surface area is 175 Å². The van der Waals surface area contributed by atoms with E-state index < -0.39 is 16.7 Å². The molecule has 2 rings (SSSR count). The van der Waals surface area contributed by atoms with Gasteiger partial charge in [0.2, 0.25) is 5.91 Å². The lowest BCUT2D eigenvalue weighted by molar-refractivity contribution is -0.385.